The van der Waals surface area contributed by atoms with E-state index in [1.165, 1.54) is 15.8 Å². The van der Waals surface area contributed by atoms with Gasteiger partial charge in [0, 0.05) is 29.2 Å². The number of hydrogen-bond acceptors (Lipinski definition) is 7. The quantitative estimate of drug-likeness (QED) is 0.545. The van der Waals surface area contributed by atoms with Crippen LogP contribution in [0, 0.1) is 0 Å². The second kappa shape index (κ2) is 11.0. The van der Waals surface area contributed by atoms with Crippen molar-refractivity contribution in [1.82, 2.24) is 35.7 Å². The van der Waals surface area contributed by atoms with Gasteiger partial charge >= 0.3 is 0 Å². The van der Waals surface area contributed by atoms with Gasteiger partial charge in [-0.3, -0.25) is 14.4 Å². The van der Waals surface area contributed by atoms with Crippen molar-refractivity contribution in [1.29, 1.82) is 0 Å². The number of fused-ring (bicyclic) bond motifs is 1. The van der Waals surface area contributed by atoms with Crippen molar-refractivity contribution in [2.75, 3.05) is 32.8 Å². The van der Waals surface area contributed by atoms with E-state index >= 15 is 0 Å². The minimum absolute atomic E-state index is 0.119. The molecule has 2 N–H and O–H groups in total. The molecule has 4 rings (SSSR count). The number of carbonyl (C=O) groups excluding carboxylic acids is 3. The zero-order chi connectivity index (χ0) is 24.8. The lowest BCUT2D eigenvalue weighted by Crippen LogP contribution is -2.43. The number of aryl methyl sites for hydroxylation is 1. The fourth-order valence-electron chi connectivity index (χ4n) is 3.55. The summed E-state index contributed by atoms with van der Waals surface area (Å²) in [6.07, 6.45) is 0.448. The van der Waals surface area contributed by atoms with E-state index in [-0.39, 0.29) is 44.0 Å². The highest BCUT2D eigenvalue weighted by Crippen LogP contribution is 2.23. The molecule has 3 amide bonds. The third-order valence-corrected chi connectivity index (χ3v) is 5.51. The first-order valence-electron chi connectivity index (χ1n) is 11.0. The number of hydrogen-bond donors (Lipinski definition) is 2. The van der Waals surface area contributed by atoms with Gasteiger partial charge in [-0.05, 0) is 42.0 Å². The van der Waals surface area contributed by atoms with Gasteiger partial charge in [0.25, 0.3) is 11.8 Å². The van der Waals surface area contributed by atoms with Crippen LogP contribution in [0.3, 0.4) is 0 Å². The summed E-state index contributed by atoms with van der Waals surface area (Å²) in [5, 5.41) is 17.9. The van der Waals surface area contributed by atoms with Gasteiger partial charge in [-0.25, -0.2) is 0 Å². The summed E-state index contributed by atoms with van der Waals surface area (Å²) in [5.74, 6) is -0.0971. The highest BCUT2D eigenvalue weighted by atomic mass is 35.5. The van der Waals surface area contributed by atoms with E-state index in [9.17, 15) is 14.4 Å². The van der Waals surface area contributed by atoms with Gasteiger partial charge in [-0.15, -0.1) is 10.2 Å². The first-order chi connectivity index (χ1) is 16.9. The van der Waals surface area contributed by atoms with Crippen LogP contribution in [-0.2, 0) is 11.8 Å². The van der Waals surface area contributed by atoms with Crippen LogP contribution in [0.2, 0.25) is 5.02 Å². The highest BCUT2D eigenvalue weighted by molar-refractivity contribution is 6.31. The monoisotopic (exact) mass is 497 g/mol. The first kappa shape index (κ1) is 24.1. The number of nitrogens with zero attached hydrogens (tertiary/aromatic N) is 5. The van der Waals surface area contributed by atoms with Crippen molar-refractivity contribution >= 4 is 29.3 Å². The van der Waals surface area contributed by atoms with Gasteiger partial charge < -0.3 is 20.3 Å². The smallest absolute Gasteiger partial charge is 0.255 e. The van der Waals surface area contributed by atoms with Gasteiger partial charge in [0.2, 0.25) is 11.7 Å². The highest BCUT2D eigenvalue weighted by Gasteiger charge is 2.20. The Kier molecular flexibility index (Phi) is 7.56. The molecule has 2 aromatic carbocycles. The Bertz CT molecular complexity index is 1230. The van der Waals surface area contributed by atoms with Crippen molar-refractivity contribution in [2.45, 2.75) is 6.42 Å². The normalized spacial score (nSPS) is 15.3. The molecule has 2 heterocycles. The molecule has 35 heavy (non-hydrogen) atoms. The lowest BCUT2D eigenvalue weighted by atomic mass is 10.1. The number of carbonyl (C=O) groups is 3. The Balaban J connectivity index is 1.46. The van der Waals surface area contributed by atoms with Crippen molar-refractivity contribution in [2.24, 2.45) is 7.05 Å². The summed E-state index contributed by atoms with van der Waals surface area (Å²) in [4.78, 5) is 41.1. The minimum Gasteiger partial charge on any atom is -0.491 e. The van der Waals surface area contributed by atoms with Gasteiger partial charge in [0.1, 0.15) is 12.4 Å². The third-order valence-electron chi connectivity index (χ3n) is 5.28. The summed E-state index contributed by atoms with van der Waals surface area (Å²) in [5.41, 5.74) is 1.45. The number of halogens is 1. The number of amides is 3. The van der Waals surface area contributed by atoms with E-state index < -0.39 is 0 Å². The van der Waals surface area contributed by atoms with Crippen molar-refractivity contribution in [3.05, 3.63) is 58.6 Å². The molecule has 0 atom stereocenters. The summed E-state index contributed by atoms with van der Waals surface area (Å²) >= 11 is 6.04. The summed E-state index contributed by atoms with van der Waals surface area (Å²) in [6.45, 7) is 0.822. The van der Waals surface area contributed by atoms with Crippen LogP contribution >= 0.6 is 11.6 Å². The Morgan fingerprint density at radius 3 is 2.63 bits per heavy atom. The minimum atomic E-state index is -0.324. The number of ether oxygens (including phenoxy) is 1. The molecule has 1 aromatic heterocycles. The summed E-state index contributed by atoms with van der Waals surface area (Å²) < 4.78 is 5.67. The average Bonchev–Trinajstić information content (AvgIpc) is 3.29. The fraction of sp³-hybridized carbons (Fsp3) is 0.304. The SMILES string of the molecule is Cn1nnc(-c2ccc(C(=O)N3CCCNC(=O)c4cc(Cl)ccc4OCCNC(=O)C3)cc2)n1. The largest absolute Gasteiger partial charge is 0.491 e. The summed E-state index contributed by atoms with van der Waals surface area (Å²) in [6, 6.07) is 11.6. The molecular formula is C23H24ClN7O4. The topological polar surface area (TPSA) is 131 Å². The maximum absolute atomic E-state index is 13.2. The maximum atomic E-state index is 13.2. The standard InChI is InChI=1S/C23H24ClN7O4/c1-30-28-21(27-29-30)15-3-5-16(6-4-15)23(34)31-11-2-9-26-22(33)18-13-17(24)7-8-19(18)35-12-10-25-20(32)14-31/h3-8,13H,2,9-12,14H2,1H3,(H,25,32)(H,26,33). The predicted molar refractivity (Wildman–Crippen MR) is 127 cm³/mol. The molecule has 0 saturated carbocycles. The average molecular weight is 498 g/mol. The van der Waals surface area contributed by atoms with Crippen LogP contribution in [0.4, 0.5) is 0 Å². The van der Waals surface area contributed by atoms with Gasteiger partial charge in [-0.2, -0.15) is 4.80 Å². The summed E-state index contributed by atoms with van der Waals surface area (Å²) in [7, 11) is 1.67. The molecule has 0 unspecified atom stereocenters. The van der Waals surface area contributed by atoms with Crippen LogP contribution < -0.4 is 15.4 Å². The zero-order valence-electron chi connectivity index (χ0n) is 19.0. The Morgan fingerprint density at radius 1 is 1.09 bits per heavy atom. The third kappa shape index (κ3) is 6.12. The second-order valence-electron chi connectivity index (χ2n) is 7.85. The Labute approximate surface area is 206 Å². The number of tetrazole rings is 1. The van der Waals surface area contributed by atoms with E-state index in [1.54, 1.807) is 43.4 Å². The molecule has 11 nitrogen and oxygen atoms in total. The van der Waals surface area contributed by atoms with Crippen LogP contribution in [0.5, 0.6) is 5.75 Å². The molecule has 0 fully saturated rings. The molecule has 1 aliphatic heterocycles. The number of rotatable bonds is 2. The molecule has 0 bridgehead atoms. The predicted octanol–water partition coefficient (Wildman–Crippen LogP) is 1.30. The van der Waals surface area contributed by atoms with Crippen LogP contribution in [-0.4, -0.2) is 75.6 Å². The number of aromatic nitrogens is 4. The van der Waals surface area contributed by atoms with Crippen molar-refractivity contribution in [3.63, 3.8) is 0 Å². The van der Waals surface area contributed by atoms with Crippen LogP contribution in [0.15, 0.2) is 42.5 Å². The van der Waals surface area contributed by atoms with Gasteiger partial charge in [0.15, 0.2) is 0 Å². The molecule has 1 aliphatic rings. The lowest BCUT2D eigenvalue weighted by Gasteiger charge is -2.23. The van der Waals surface area contributed by atoms with Crippen molar-refractivity contribution in [3.8, 4) is 17.1 Å². The Morgan fingerprint density at radius 2 is 1.89 bits per heavy atom. The van der Waals surface area contributed by atoms with E-state index in [4.69, 9.17) is 16.3 Å². The van der Waals surface area contributed by atoms with Crippen molar-refractivity contribution < 1.29 is 19.1 Å². The zero-order valence-corrected chi connectivity index (χ0v) is 19.8. The number of benzene rings is 2. The van der Waals surface area contributed by atoms with E-state index in [2.05, 4.69) is 26.0 Å². The van der Waals surface area contributed by atoms with Gasteiger partial charge in [-0.1, -0.05) is 23.7 Å². The molecule has 3 aromatic rings. The molecule has 12 heteroatoms. The van der Waals surface area contributed by atoms with Crippen LogP contribution in [0.1, 0.15) is 27.1 Å². The molecule has 182 valence electrons. The molecule has 0 spiro atoms. The molecule has 0 radical (unpaired) electrons. The van der Waals surface area contributed by atoms with E-state index in [0.717, 1.165) is 5.56 Å². The van der Waals surface area contributed by atoms with E-state index in [1.807, 2.05) is 0 Å². The first-order valence-corrected chi connectivity index (χ1v) is 11.4. The lowest BCUT2D eigenvalue weighted by molar-refractivity contribution is -0.121. The molecule has 0 aliphatic carbocycles. The molecular weight excluding hydrogens is 474 g/mol. The van der Waals surface area contributed by atoms with Crippen LogP contribution in [0.25, 0.3) is 11.4 Å². The molecule has 0 saturated heterocycles. The second-order valence-corrected chi connectivity index (χ2v) is 8.29. The fourth-order valence-corrected chi connectivity index (χ4v) is 3.72. The Hall–Kier alpha value is -3.99. The van der Waals surface area contributed by atoms with Gasteiger partial charge in [0.05, 0.1) is 25.7 Å². The maximum Gasteiger partial charge on any atom is 0.255 e. The number of nitrogens with one attached hydrogen (secondary N) is 2. The van der Waals surface area contributed by atoms with E-state index in [0.29, 0.717) is 40.7 Å².